The minimum absolute atomic E-state index is 0.230. The fourth-order valence-electron chi connectivity index (χ4n) is 1.05. The molecule has 1 saturated heterocycles. The van der Waals surface area contributed by atoms with E-state index in [-0.39, 0.29) is 13.2 Å². The maximum absolute atomic E-state index is 11.1. The van der Waals surface area contributed by atoms with Crippen LogP contribution < -0.4 is 0 Å². The average molecular weight is 280 g/mol. The first-order valence-corrected chi connectivity index (χ1v) is 7.69. The third kappa shape index (κ3) is 7.51. The molecule has 0 aromatic carbocycles. The van der Waals surface area contributed by atoms with Gasteiger partial charge in [0, 0.05) is 23.0 Å². The quantitative estimate of drug-likeness (QED) is 0.475. The van der Waals surface area contributed by atoms with E-state index in [1.807, 2.05) is 0 Å². The fourth-order valence-corrected chi connectivity index (χ4v) is 2.33. The minimum Gasteiger partial charge on any atom is -0.456 e. The van der Waals surface area contributed by atoms with E-state index in [2.05, 4.69) is 0 Å². The summed E-state index contributed by atoms with van der Waals surface area (Å²) in [6, 6.07) is 0. The van der Waals surface area contributed by atoms with Gasteiger partial charge in [0.2, 0.25) is 0 Å². The van der Waals surface area contributed by atoms with Gasteiger partial charge in [-0.15, -0.1) is 0 Å². The Labute approximate surface area is 109 Å². The predicted octanol–water partition coefficient (Wildman–Crippen LogP) is 0.569. The average Bonchev–Trinajstić information content (AvgIpc) is 2.34. The van der Waals surface area contributed by atoms with Crippen LogP contribution in [-0.2, 0) is 23.8 Å². The van der Waals surface area contributed by atoms with Crippen LogP contribution in [0.5, 0.6) is 0 Å². The van der Waals surface area contributed by atoms with Crippen LogP contribution in [0.3, 0.4) is 0 Å². The molecule has 1 heterocycles. The molecule has 0 amide bonds. The maximum atomic E-state index is 11.1. The van der Waals surface area contributed by atoms with Gasteiger partial charge in [-0.2, -0.15) is 23.5 Å². The number of thioether (sulfide) groups is 2. The van der Waals surface area contributed by atoms with Crippen molar-refractivity contribution in [2.45, 2.75) is 0 Å². The molecule has 0 spiro atoms. The first-order valence-electron chi connectivity index (χ1n) is 5.38. The third-order valence-corrected chi connectivity index (χ3v) is 3.65. The molecule has 1 aliphatic heterocycles. The molecule has 1 rings (SSSR count). The Kier molecular flexibility index (Phi) is 8.29. The lowest BCUT2D eigenvalue weighted by atomic mass is 10.6. The van der Waals surface area contributed by atoms with E-state index in [4.69, 9.17) is 14.2 Å². The largest absolute Gasteiger partial charge is 0.456 e. The van der Waals surface area contributed by atoms with E-state index >= 15 is 0 Å². The summed E-state index contributed by atoms with van der Waals surface area (Å²) in [5.74, 6) is 1.26. The summed E-state index contributed by atoms with van der Waals surface area (Å²) in [6.45, 7) is 1.86. The molecular weight excluding hydrogens is 264 g/mol. The highest BCUT2D eigenvalue weighted by molar-refractivity contribution is 7.99. The Morgan fingerprint density at radius 3 is 1.59 bits per heavy atom. The smallest absolute Gasteiger partial charge is 0.417 e. The standard InChI is InChI=1S/C10H16O5S2/c11-9-10(12)15-4-8-17-6-2-13-1-5-16-7-3-14-9/h1-8H2. The first kappa shape index (κ1) is 14.7. The SMILES string of the molecule is O=C1OCCSCCOCCSCCOC1=O. The van der Waals surface area contributed by atoms with Gasteiger partial charge in [-0.3, -0.25) is 0 Å². The van der Waals surface area contributed by atoms with Crippen LogP contribution in [0.2, 0.25) is 0 Å². The molecule has 1 aliphatic rings. The van der Waals surface area contributed by atoms with Crippen molar-refractivity contribution >= 4 is 35.5 Å². The zero-order valence-electron chi connectivity index (χ0n) is 9.51. The second-order valence-electron chi connectivity index (χ2n) is 3.11. The second-order valence-corrected chi connectivity index (χ2v) is 5.56. The molecule has 98 valence electrons. The Balaban J connectivity index is 2.26. The number of carbonyl (C=O) groups excluding carboxylic acids is 2. The van der Waals surface area contributed by atoms with Crippen molar-refractivity contribution < 1.29 is 23.8 Å². The van der Waals surface area contributed by atoms with Crippen LogP contribution in [0.1, 0.15) is 0 Å². The Morgan fingerprint density at radius 2 is 1.12 bits per heavy atom. The van der Waals surface area contributed by atoms with E-state index < -0.39 is 11.9 Å². The number of carbonyl (C=O) groups is 2. The van der Waals surface area contributed by atoms with Crippen molar-refractivity contribution in [2.75, 3.05) is 49.4 Å². The van der Waals surface area contributed by atoms with Crippen molar-refractivity contribution in [3.8, 4) is 0 Å². The molecule has 0 atom stereocenters. The monoisotopic (exact) mass is 280 g/mol. The summed E-state index contributed by atoms with van der Waals surface area (Å²) in [7, 11) is 0. The molecule has 0 N–H and O–H groups in total. The number of rotatable bonds is 0. The highest BCUT2D eigenvalue weighted by Gasteiger charge is 2.16. The topological polar surface area (TPSA) is 61.8 Å². The normalized spacial score (nSPS) is 21.9. The van der Waals surface area contributed by atoms with Crippen LogP contribution >= 0.6 is 23.5 Å². The van der Waals surface area contributed by atoms with Crippen LogP contribution in [0, 0.1) is 0 Å². The molecule has 7 heteroatoms. The van der Waals surface area contributed by atoms with Crippen molar-refractivity contribution in [3.05, 3.63) is 0 Å². The second kappa shape index (κ2) is 9.61. The number of ether oxygens (including phenoxy) is 3. The van der Waals surface area contributed by atoms with Gasteiger partial charge in [0.25, 0.3) is 0 Å². The molecule has 0 radical (unpaired) electrons. The fraction of sp³-hybridized carbons (Fsp3) is 0.800. The number of cyclic esters (lactones) is 2. The molecule has 5 nitrogen and oxygen atoms in total. The molecular formula is C10H16O5S2. The van der Waals surface area contributed by atoms with Crippen molar-refractivity contribution in [1.29, 1.82) is 0 Å². The first-order chi connectivity index (χ1) is 8.30. The number of hydrogen-bond acceptors (Lipinski definition) is 7. The van der Waals surface area contributed by atoms with Crippen molar-refractivity contribution in [1.82, 2.24) is 0 Å². The third-order valence-electron chi connectivity index (χ3n) is 1.83. The highest BCUT2D eigenvalue weighted by Crippen LogP contribution is 2.03. The van der Waals surface area contributed by atoms with Gasteiger partial charge in [0.1, 0.15) is 13.2 Å². The summed E-state index contributed by atoms with van der Waals surface area (Å²) < 4.78 is 14.9. The molecule has 0 bridgehead atoms. The van der Waals surface area contributed by atoms with Crippen LogP contribution in [0.25, 0.3) is 0 Å². The van der Waals surface area contributed by atoms with E-state index in [1.54, 1.807) is 23.5 Å². The van der Waals surface area contributed by atoms with Crippen LogP contribution in [-0.4, -0.2) is 61.4 Å². The van der Waals surface area contributed by atoms with Gasteiger partial charge in [0.15, 0.2) is 0 Å². The molecule has 0 aromatic heterocycles. The maximum Gasteiger partial charge on any atom is 0.417 e. The van der Waals surface area contributed by atoms with Crippen LogP contribution in [0.15, 0.2) is 0 Å². The summed E-state index contributed by atoms with van der Waals surface area (Å²) in [5.41, 5.74) is 0. The molecule has 0 saturated carbocycles. The highest BCUT2D eigenvalue weighted by atomic mass is 32.2. The Morgan fingerprint density at radius 1 is 0.706 bits per heavy atom. The Bertz CT molecular complexity index is 223. The van der Waals surface area contributed by atoms with Gasteiger partial charge < -0.3 is 14.2 Å². The summed E-state index contributed by atoms with van der Waals surface area (Å²) in [4.78, 5) is 22.2. The molecule has 0 aromatic rings. The zero-order valence-corrected chi connectivity index (χ0v) is 11.1. The van der Waals surface area contributed by atoms with Gasteiger partial charge >= 0.3 is 11.9 Å². The Hall–Kier alpha value is -0.400. The van der Waals surface area contributed by atoms with E-state index in [9.17, 15) is 9.59 Å². The van der Waals surface area contributed by atoms with Gasteiger partial charge in [0.05, 0.1) is 13.2 Å². The lowest BCUT2D eigenvalue weighted by Crippen LogP contribution is -2.22. The van der Waals surface area contributed by atoms with Gasteiger partial charge in [-0.25, -0.2) is 9.59 Å². The number of hydrogen-bond donors (Lipinski definition) is 0. The molecule has 17 heavy (non-hydrogen) atoms. The van der Waals surface area contributed by atoms with Crippen LogP contribution in [0.4, 0.5) is 0 Å². The van der Waals surface area contributed by atoms with Gasteiger partial charge in [-0.05, 0) is 0 Å². The van der Waals surface area contributed by atoms with Crippen molar-refractivity contribution in [2.24, 2.45) is 0 Å². The molecule has 0 unspecified atom stereocenters. The summed E-state index contributed by atoms with van der Waals surface area (Å²) in [5, 5.41) is 0. The van der Waals surface area contributed by atoms with Crippen molar-refractivity contribution in [3.63, 3.8) is 0 Å². The zero-order chi connectivity index (χ0) is 12.3. The van der Waals surface area contributed by atoms with E-state index in [0.717, 1.165) is 11.5 Å². The predicted molar refractivity (Wildman–Crippen MR) is 67.4 cm³/mol. The minimum atomic E-state index is -0.901. The molecule has 0 aliphatic carbocycles. The lowest BCUT2D eigenvalue weighted by molar-refractivity contribution is -0.166. The van der Waals surface area contributed by atoms with E-state index in [0.29, 0.717) is 24.7 Å². The van der Waals surface area contributed by atoms with Gasteiger partial charge in [-0.1, -0.05) is 0 Å². The summed E-state index contributed by atoms with van der Waals surface area (Å²) in [6.07, 6.45) is 0. The lowest BCUT2D eigenvalue weighted by Gasteiger charge is -2.04. The molecule has 1 fully saturated rings. The van der Waals surface area contributed by atoms with E-state index in [1.165, 1.54) is 0 Å². The number of esters is 2. The summed E-state index contributed by atoms with van der Waals surface area (Å²) >= 11 is 3.25.